The molecule has 20 heavy (non-hydrogen) atoms. The third-order valence-electron chi connectivity index (χ3n) is 2.82. The number of ether oxygens (including phenoxy) is 1. The lowest BCUT2D eigenvalue weighted by molar-refractivity contribution is 0.0992. The smallest absolute Gasteiger partial charge is 0.176 e. The Morgan fingerprint density at radius 3 is 2.55 bits per heavy atom. The fourth-order valence-electron chi connectivity index (χ4n) is 1.58. The molecule has 0 atom stereocenters. The molecule has 0 aliphatic carbocycles. The van der Waals surface area contributed by atoms with E-state index in [9.17, 15) is 13.2 Å². The van der Waals surface area contributed by atoms with Crippen LogP contribution in [-0.4, -0.2) is 39.4 Å². The topological polar surface area (TPSA) is 98.5 Å². The summed E-state index contributed by atoms with van der Waals surface area (Å²) >= 11 is 1.20. The van der Waals surface area contributed by atoms with Crippen LogP contribution < -0.4 is 15.8 Å². The minimum absolute atomic E-state index is 0.0293. The molecule has 0 fully saturated rings. The summed E-state index contributed by atoms with van der Waals surface area (Å²) in [5.41, 5.74) is 6.19. The van der Waals surface area contributed by atoms with Gasteiger partial charge in [0.15, 0.2) is 21.4 Å². The van der Waals surface area contributed by atoms with Gasteiger partial charge in [0.1, 0.15) is 5.00 Å². The quantitative estimate of drug-likeness (QED) is 0.708. The Labute approximate surface area is 123 Å². The van der Waals surface area contributed by atoms with Gasteiger partial charge in [-0.15, -0.1) is 11.3 Å². The Kier molecular flexibility index (Phi) is 5.82. The molecule has 6 nitrogen and oxygen atoms in total. The average Bonchev–Trinajstić information content (AvgIpc) is 2.74. The molecule has 0 amide bonds. The van der Waals surface area contributed by atoms with E-state index in [1.54, 1.807) is 13.8 Å². The summed E-state index contributed by atoms with van der Waals surface area (Å²) in [6.45, 7) is 3.62. The summed E-state index contributed by atoms with van der Waals surface area (Å²) in [6, 6.07) is 0. The molecular weight excluding hydrogens is 300 g/mol. The Hall–Kier alpha value is -1.28. The fourth-order valence-corrected chi connectivity index (χ4v) is 3.41. The first-order chi connectivity index (χ1) is 9.36. The Balaban J connectivity index is 2.88. The van der Waals surface area contributed by atoms with E-state index < -0.39 is 9.84 Å². The van der Waals surface area contributed by atoms with E-state index >= 15 is 0 Å². The number of thiophene rings is 1. The number of sulfone groups is 1. The number of methoxy groups -OCH3 is 1. The molecule has 1 aromatic heterocycles. The molecule has 0 saturated heterocycles. The van der Waals surface area contributed by atoms with Crippen molar-refractivity contribution >= 4 is 37.6 Å². The van der Waals surface area contributed by atoms with Crippen LogP contribution in [0.15, 0.2) is 0 Å². The summed E-state index contributed by atoms with van der Waals surface area (Å²) in [7, 11) is -1.57. The van der Waals surface area contributed by atoms with Gasteiger partial charge in [0.05, 0.1) is 23.4 Å². The maximum atomic E-state index is 11.7. The van der Waals surface area contributed by atoms with Crippen LogP contribution in [0.3, 0.4) is 0 Å². The van der Waals surface area contributed by atoms with Crippen LogP contribution in [-0.2, 0) is 9.84 Å². The molecule has 0 aromatic carbocycles. The number of anilines is 2. The number of Topliss-reactive ketones (excluding diaryl/α,β-unsaturated/α-hetero) is 1. The summed E-state index contributed by atoms with van der Waals surface area (Å²) in [5.74, 6) is 0.486. The lowest BCUT2D eigenvalue weighted by Crippen LogP contribution is -2.16. The van der Waals surface area contributed by atoms with Crippen LogP contribution in [0, 0.1) is 0 Å². The van der Waals surface area contributed by atoms with Gasteiger partial charge in [-0.2, -0.15) is 0 Å². The van der Waals surface area contributed by atoms with E-state index in [0.29, 0.717) is 27.7 Å². The van der Waals surface area contributed by atoms with Gasteiger partial charge in [-0.05, 0) is 0 Å². The van der Waals surface area contributed by atoms with Crippen LogP contribution in [0.2, 0.25) is 0 Å². The zero-order chi connectivity index (χ0) is 15.3. The van der Waals surface area contributed by atoms with Crippen molar-refractivity contribution in [1.29, 1.82) is 0 Å². The summed E-state index contributed by atoms with van der Waals surface area (Å²) < 4.78 is 28.0. The van der Waals surface area contributed by atoms with Gasteiger partial charge < -0.3 is 15.8 Å². The van der Waals surface area contributed by atoms with E-state index in [0.717, 1.165) is 0 Å². The Bertz CT molecular complexity index is 579. The standard InChI is InChI=1S/C12H20N2O4S2/c1-4-8(15)11-9(13)10(18-3)12(19-11)14-6-7-20(16,17)5-2/h14H,4-7,13H2,1-3H3. The minimum atomic E-state index is -3.03. The molecule has 1 aromatic rings. The highest BCUT2D eigenvalue weighted by atomic mass is 32.2. The van der Waals surface area contributed by atoms with Crippen LogP contribution in [0.1, 0.15) is 29.9 Å². The minimum Gasteiger partial charge on any atom is -0.492 e. The van der Waals surface area contributed by atoms with Crippen molar-refractivity contribution < 1.29 is 17.9 Å². The van der Waals surface area contributed by atoms with Crippen LogP contribution in [0.25, 0.3) is 0 Å². The molecule has 0 aliphatic rings. The van der Waals surface area contributed by atoms with Crippen molar-refractivity contribution in [3.63, 3.8) is 0 Å². The van der Waals surface area contributed by atoms with Gasteiger partial charge in [-0.3, -0.25) is 4.79 Å². The predicted molar refractivity (Wildman–Crippen MR) is 82.7 cm³/mol. The van der Waals surface area contributed by atoms with Gasteiger partial charge >= 0.3 is 0 Å². The molecule has 0 aliphatic heterocycles. The Morgan fingerprint density at radius 1 is 1.40 bits per heavy atom. The van der Waals surface area contributed by atoms with E-state index in [1.807, 2.05) is 0 Å². The highest BCUT2D eigenvalue weighted by Gasteiger charge is 2.20. The van der Waals surface area contributed by atoms with Crippen molar-refractivity contribution in [2.75, 3.05) is 36.2 Å². The second kappa shape index (κ2) is 6.94. The van der Waals surface area contributed by atoms with Crippen LogP contribution in [0.5, 0.6) is 5.75 Å². The predicted octanol–water partition coefficient (Wildman–Crippen LogP) is 1.78. The number of nitrogen functional groups attached to an aromatic ring is 1. The molecule has 1 rings (SSSR count). The van der Waals surface area contributed by atoms with Gasteiger partial charge in [-0.1, -0.05) is 13.8 Å². The van der Waals surface area contributed by atoms with Crippen LogP contribution >= 0.6 is 11.3 Å². The van der Waals surface area contributed by atoms with Crippen molar-refractivity contribution in [2.45, 2.75) is 20.3 Å². The largest absolute Gasteiger partial charge is 0.492 e. The molecule has 0 radical (unpaired) electrons. The first-order valence-electron chi connectivity index (χ1n) is 6.30. The average molecular weight is 320 g/mol. The zero-order valence-corrected chi connectivity index (χ0v) is 13.5. The number of nitrogens with one attached hydrogen (secondary N) is 1. The molecule has 8 heteroatoms. The summed E-state index contributed by atoms with van der Waals surface area (Å²) in [4.78, 5) is 12.2. The third-order valence-corrected chi connectivity index (χ3v) is 5.71. The van der Waals surface area contributed by atoms with Gasteiger partial charge in [0.2, 0.25) is 0 Å². The molecule has 0 spiro atoms. The molecular formula is C12H20N2O4S2. The van der Waals surface area contributed by atoms with Crippen molar-refractivity contribution in [1.82, 2.24) is 0 Å². The van der Waals surface area contributed by atoms with E-state index in [4.69, 9.17) is 10.5 Å². The second-order valence-corrected chi connectivity index (χ2v) is 7.64. The number of carbonyl (C=O) groups is 1. The zero-order valence-electron chi connectivity index (χ0n) is 11.9. The van der Waals surface area contributed by atoms with E-state index in [-0.39, 0.29) is 23.8 Å². The number of hydrogen-bond donors (Lipinski definition) is 2. The number of rotatable bonds is 8. The monoisotopic (exact) mass is 320 g/mol. The first-order valence-corrected chi connectivity index (χ1v) is 8.93. The number of carbonyl (C=O) groups excluding carboxylic acids is 1. The molecule has 114 valence electrons. The lowest BCUT2D eigenvalue weighted by atomic mass is 10.2. The van der Waals surface area contributed by atoms with Gasteiger partial charge in [0, 0.05) is 18.7 Å². The Morgan fingerprint density at radius 2 is 2.05 bits per heavy atom. The molecule has 3 N–H and O–H groups in total. The first kappa shape index (κ1) is 16.8. The van der Waals surface area contributed by atoms with Crippen molar-refractivity contribution in [2.24, 2.45) is 0 Å². The highest BCUT2D eigenvalue weighted by Crippen LogP contribution is 2.42. The highest BCUT2D eigenvalue weighted by molar-refractivity contribution is 7.91. The molecule has 0 unspecified atom stereocenters. The normalized spacial score (nSPS) is 11.3. The van der Waals surface area contributed by atoms with Crippen LogP contribution in [0.4, 0.5) is 10.7 Å². The number of hydrogen-bond acceptors (Lipinski definition) is 7. The van der Waals surface area contributed by atoms with E-state index in [1.165, 1.54) is 18.4 Å². The maximum absolute atomic E-state index is 11.7. The second-order valence-electron chi connectivity index (χ2n) is 4.15. The van der Waals surface area contributed by atoms with E-state index in [2.05, 4.69) is 5.32 Å². The molecule has 1 heterocycles. The maximum Gasteiger partial charge on any atom is 0.176 e. The van der Waals surface area contributed by atoms with Crippen molar-refractivity contribution in [3.05, 3.63) is 4.88 Å². The SMILES string of the molecule is CCC(=O)c1sc(NCCS(=O)(=O)CC)c(OC)c1N. The number of nitrogens with two attached hydrogens (primary N) is 1. The van der Waals surface area contributed by atoms with Gasteiger partial charge in [-0.25, -0.2) is 8.42 Å². The third kappa shape index (κ3) is 3.86. The van der Waals surface area contributed by atoms with Gasteiger partial charge in [0.25, 0.3) is 0 Å². The summed E-state index contributed by atoms with van der Waals surface area (Å²) in [6.07, 6.45) is 0.359. The lowest BCUT2D eigenvalue weighted by Gasteiger charge is -2.06. The molecule has 0 bridgehead atoms. The fraction of sp³-hybridized carbons (Fsp3) is 0.583. The van der Waals surface area contributed by atoms with Crippen molar-refractivity contribution in [3.8, 4) is 5.75 Å². The summed E-state index contributed by atoms with van der Waals surface area (Å²) in [5, 5.41) is 3.57. The molecule has 0 saturated carbocycles. The number of ketones is 1.